The smallest absolute Gasteiger partial charge is 0.418 e. The first-order valence-corrected chi connectivity index (χ1v) is 4.77. The van der Waals surface area contributed by atoms with Crippen LogP contribution >= 0.6 is 11.6 Å². The SMILES string of the molecule is O=C(O)Cc1nc(C(F)F)c(C(F)(F)F)cc1Cl. The van der Waals surface area contributed by atoms with Gasteiger partial charge in [0.05, 0.1) is 22.7 Å². The van der Waals surface area contributed by atoms with E-state index >= 15 is 0 Å². The first-order chi connectivity index (χ1) is 8.12. The van der Waals surface area contributed by atoms with Crippen molar-refractivity contribution < 1.29 is 31.9 Å². The van der Waals surface area contributed by atoms with E-state index in [1.165, 1.54) is 0 Å². The van der Waals surface area contributed by atoms with Gasteiger partial charge in [-0.25, -0.2) is 13.8 Å². The normalized spacial score (nSPS) is 11.9. The van der Waals surface area contributed by atoms with Gasteiger partial charge < -0.3 is 5.11 Å². The van der Waals surface area contributed by atoms with Crippen molar-refractivity contribution in [1.82, 2.24) is 4.98 Å². The van der Waals surface area contributed by atoms with Gasteiger partial charge in [-0.2, -0.15) is 13.2 Å². The van der Waals surface area contributed by atoms with Gasteiger partial charge in [0.2, 0.25) is 0 Å². The van der Waals surface area contributed by atoms with Crippen LogP contribution in [0.2, 0.25) is 5.02 Å². The molecule has 1 aromatic heterocycles. The van der Waals surface area contributed by atoms with Crippen LogP contribution in [0.15, 0.2) is 6.07 Å². The number of halogens is 6. The molecule has 0 bridgehead atoms. The number of pyridine rings is 1. The van der Waals surface area contributed by atoms with Gasteiger partial charge in [0.1, 0.15) is 5.69 Å². The van der Waals surface area contributed by atoms with Gasteiger partial charge >= 0.3 is 12.1 Å². The van der Waals surface area contributed by atoms with Crippen molar-refractivity contribution in [3.8, 4) is 0 Å². The fourth-order valence-corrected chi connectivity index (χ4v) is 1.42. The lowest BCUT2D eigenvalue weighted by molar-refractivity contribution is -0.140. The molecule has 0 aromatic carbocycles. The second kappa shape index (κ2) is 5.05. The molecule has 0 atom stereocenters. The monoisotopic (exact) mass is 289 g/mol. The summed E-state index contributed by atoms with van der Waals surface area (Å²) in [4.78, 5) is 13.4. The molecule has 0 amide bonds. The molecule has 0 aliphatic carbocycles. The summed E-state index contributed by atoms with van der Waals surface area (Å²) >= 11 is 5.39. The van der Waals surface area contributed by atoms with Crippen LogP contribution in [0.25, 0.3) is 0 Å². The molecule has 0 saturated carbocycles. The van der Waals surface area contributed by atoms with E-state index in [0.717, 1.165) is 0 Å². The molecule has 1 heterocycles. The topological polar surface area (TPSA) is 50.2 Å². The Bertz CT molecular complexity index is 475. The third kappa shape index (κ3) is 3.28. The average molecular weight is 290 g/mol. The molecule has 0 saturated heterocycles. The van der Waals surface area contributed by atoms with Gasteiger partial charge in [0, 0.05) is 0 Å². The molecule has 9 heteroatoms. The Morgan fingerprint density at radius 3 is 2.39 bits per heavy atom. The lowest BCUT2D eigenvalue weighted by Crippen LogP contribution is -2.14. The largest absolute Gasteiger partial charge is 0.481 e. The van der Waals surface area contributed by atoms with Gasteiger partial charge in [0.15, 0.2) is 0 Å². The average Bonchev–Trinajstić information content (AvgIpc) is 2.17. The highest BCUT2D eigenvalue weighted by Crippen LogP contribution is 2.37. The predicted molar refractivity (Wildman–Crippen MR) is 50.5 cm³/mol. The molecule has 0 unspecified atom stereocenters. The Hall–Kier alpha value is -1.44. The first-order valence-electron chi connectivity index (χ1n) is 4.39. The summed E-state index contributed by atoms with van der Waals surface area (Å²) in [6, 6.07) is 0.258. The number of alkyl halides is 5. The first kappa shape index (κ1) is 14.6. The summed E-state index contributed by atoms with van der Waals surface area (Å²) in [5, 5.41) is 7.83. The van der Waals surface area contributed by atoms with E-state index in [4.69, 9.17) is 16.7 Å². The number of hydrogen-bond donors (Lipinski definition) is 1. The van der Waals surface area contributed by atoms with Gasteiger partial charge in [-0.1, -0.05) is 11.6 Å². The van der Waals surface area contributed by atoms with E-state index in [9.17, 15) is 26.7 Å². The maximum atomic E-state index is 12.5. The van der Waals surface area contributed by atoms with Crippen molar-refractivity contribution in [3.63, 3.8) is 0 Å². The molecule has 100 valence electrons. The van der Waals surface area contributed by atoms with E-state index in [2.05, 4.69) is 4.98 Å². The quantitative estimate of drug-likeness (QED) is 0.869. The molecular formula is C9H5ClF5NO2. The Kier molecular flexibility index (Phi) is 4.10. The zero-order chi connectivity index (χ0) is 14.1. The zero-order valence-electron chi connectivity index (χ0n) is 8.43. The van der Waals surface area contributed by atoms with Crippen molar-refractivity contribution in [2.24, 2.45) is 0 Å². The van der Waals surface area contributed by atoms with E-state index in [1.54, 1.807) is 0 Å². The number of carbonyl (C=O) groups is 1. The zero-order valence-corrected chi connectivity index (χ0v) is 9.19. The van der Waals surface area contributed by atoms with Crippen molar-refractivity contribution in [2.45, 2.75) is 19.0 Å². The van der Waals surface area contributed by atoms with Crippen LogP contribution < -0.4 is 0 Å². The number of carboxylic acid groups (broad SMARTS) is 1. The lowest BCUT2D eigenvalue weighted by atomic mass is 10.1. The highest BCUT2D eigenvalue weighted by Gasteiger charge is 2.37. The van der Waals surface area contributed by atoms with Crippen molar-refractivity contribution >= 4 is 17.6 Å². The van der Waals surface area contributed by atoms with Crippen LogP contribution in [0.4, 0.5) is 22.0 Å². The van der Waals surface area contributed by atoms with Crippen LogP contribution in [0.5, 0.6) is 0 Å². The Balaban J connectivity index is 3.39. The molecule has 0 aliphatic heterocycles. The van der Waals surface area contributed by atoms with Gasteiger partial charge in [0.25, 0.3) is 6.43 Å². The van der Waals surface area contributed by atoms with Crippen LogP contribution in [0.3, 0.4) is 0 Å². The van der Waals surface area contributed by atoms with Crippen molar-refractivity contribution in [1.29, 1.82) is 0 Å². The van der Waals surface area contributed by atoms with Gasteiger partial charge in [-0.15, -0.1) is 0 Å². The number of aliphatic carboxylic acids is 1. The highest BCUT2D eigenvalue weighted by atomic mass is 35.5. The fraction of sp³-hybridized carbons (Fsp3) is 0.333. The second-order valence-electron chi connectivity index (χ2n) is 3.22. The summed E-state index contributed by atoms with van der Waals surface area (Å²) in [5.74, 6) is -1.44. The molecule has 0 fully saturated rings. The molecule has 1 N–H and O–H groups in total. The van der Waals surface area contributed by atoms with E-state index in [0.29, 0.717) is 0 Å². The molecule has 1 aromatic rings. The van der Waals surface area contributed by atoms with Crippen LogP contribution in [0.1, 0.15) is 23.4 Å². The Morgan fingerprint density at radius 2 is 2.00 bits per heavy atom. The third-order valence-corrected chi connectivity index (χ3v) is 2.24. The summed E-state index contributed by atoms with van der Waals surface area (Å²) in [7, 11) is 0. The standard InChI is InChI=1S/C9H5ClF5NO2/c10-4-1-3(9(13,14)15)7(8(11)12)16-5(4)2-6(17)18/h1,8H,2H2,(H,17,18). The van der Waals surface area contributed by atoms with E-state index in [1.807, 2.05) is 0 Å². The molecule has 0 aliphatic rings. The van der Waals surface area contributed by atoms with Gasteiger partial charge in [-0.05, 0) is 6.07 Å². The molecule has 0 radical (unpaired) electrons. The maximum Gasteiger partial charge on any atom is 0.418 e. The summed E-state index contributed by atoms with van der Waals surface area (Å²) in [5.41, 5.74) is -3.73. The minimum atomic E-state index is -5.04. The number of rotatable bonds is 3. The third-order valence-electron chi connectivity index (χ3n) is 1.91. The molecule has 18 heavy (non-hydrogen) atoms. The number of carboxylic acids is 1. The maximum absolute atomic E-state index is 12.5. The van der Waals surface area contributed by atoms with Crippen LogP contribution in [0, 0.1) is 0 Å². The van der Waals surface area contributed by atoms with E-state index in [-0.39, 0.29) is 6.07 Å². The number of aromatic nitrogens is 1. The van der Waals surface area contributed by atoms with Crippen molar-refractivity contribution in [2.75, 3.05) is 0 Å². The Labute approximate surface area is 102 Å². The van der Waals surface area contributed by atoms with Crippen LogP contribution in [-0.2, 0) is 17.4 Å². The summed E-state index contributed by atoms with van der Waals surface area (Å²) < 4.78 is 62.2. The minimum Gasteiger partial charge on any atom is -0.481 e. The molecule has 1 rings (SSSR count). The molecular weight excluding hydrogens is 285 g/mol. The van der Waals surface area contributed by atoms with E-state index < -0.39 is 47.0 Å². The Morgan fingerprint density at radius 1 is 1.44 bits per heavy atom. The second-order valence-corrected chi connectivity index (χ2v) is 3.63. The molecule has 0 spiro atoms. The summed E-state index contributed by atoms with van der Waals surface area (Å²) in [6.07, 6.45) is -9.35. The van der Waals surface area contributed by atoms with Gasteiger partial charge in [-0.3, -0.25) is 4.79 Å². The minimum absolute atomic E-state index is 0.258. The fourth-order valence-electron chi connectivity index (χ4n) is 1.20. The van der Waals surface area contributed by atoms with Crippen LogP contribution in [-0.4, -0.2) is 16.1 Å². The molecule has 3 nitrogen and oxygen atoms in total. The highest BCUT2D eigenvalue weighted by molar-refractivity contribution is 6.31. The lowest BCUT2D eigenvalue weighted by Gasteiger charge is -2.13. The summed E-state index contributed by atoms with van der Waals surface area (Å²) in [6.45, 7) is 0. The van der Waals surface area contributed by atoms with Crippen molar-refractivity contribution in [3.05, 3.63) is 28.0 Å². The number of nitrogens with zero attached hydrogens (tertiary/aromatic N) is 1. The predicted octanol–water partition coefficient (Wildman–Crippen LogP) is 3.32. The number of hydrogen-bond acceptors (Lipinski definition) is 2.